The molecule has 1 N–H and O–H groups in total. The first-order valence-corrected chi connectivity index (χ1v) is 8.17. The van der Waals surface area contributed by atoms with E-state index in [-0.39, 0.29) is 17.6 Å². The lowest BCUT2D eigenvalue weighted by molar-refractivity contribution is 0.0199. The summed E-state index contributed by atoms with van der Waals surface area (Å²) in [5.41, 5.74) is -0.302. The Labute approximate surface area is 146 Å². The van der Waals surface area contributed by atoms with Gasteiger partial charge < -0.3 is 14.7 Å². The molecule has 1 amide bonds. The second kappa shape index (κ2) is 7.56. The number of benzene rings is 1. The van der Waals surface area contributed by atoms with Gasteiger partial charge in [-0.1, -0.05) is 11.8 Å². The minimum Gasteiger partial charge on any atom is -0.478 e. The van der Waals surface area contributed by atoms with Gasteiger partial charge in [0.25, 0.3) is 0 Å². The number of rotatable bonds is 1. The molecule has 1 fully saturated rings. The second-order valence-corrected chi connectivity index (χ2v) is 7.04. The van der Waals surface area contributed by atoms with Crippen molar-refractivity contribution in [1.29, 1.82) is 0 Å². The van der Waals surface area contributed by atoms with Crippen molar-refractivity contribution in [2.75, 3.05) is 13.1 Å². The van der Waals surface area contributed by atoms with Gasteiger partial charge in [0.2, 0.25) is 0 Å². The standard InChI is InChI=1S/C19H22FNO4/c1-19(2,3)25-18(24)21-8-6-13(7-9-21)4-5-14-10-15(17(22)23)12-16(20)11-14/h10-13H,6-9H2,1-3H3,(H,22,23). The first-order valence-electron chi connectivity index (χ1n) is 8.17. The van der Waals surface area contributed by atoms with Gasteiger partial charge in [-0.05, 0) is 51.8 Å². The third-order valence-electron chi connectivity index (χ3n) is 3.71. The lowest BCUT2D eigenvalue weighted by Crippen LogP contribution is -2.41. The van der Waals surface area contributed by atoms with Gasteiger partial charge in [0.05, 0.1) is 5.56 Å². The summed E-state index contributed by atoms with van der Waals surface area (Å²) in [5.74, 6) is 4.17. The van der Waals surface area contributed by atoms with Gasteiger partial charge in [-0.15, -0.1) is 0 Å². The molecule has 0 saturated carbocycles. The fourth-order valence-corrected chi connectivity index (χ4v) is 2.50. The second-order valence-electron chi connectivity index (χ2n) is 7.04. The Morgan fingerprint density at radius 3 is 2.44 bits per heavy atom. The zero-order chi connectivity index (χ0) is 18.6. The molecule has 0 bridgehead atoms. The van der Waals surface area contributed by atoms with E-state index in [2.05, 4.69) is 11.8 Å². The van der Waals surface area contributed by atoms with Crippen molar-refractivity contribution in [3.63, 3.8) is 0 Å². The maximum atomic E-state index is 13.4. The first kappa shape index (κ1) is 18.8. The number of carboxylic acids is 1. The van der Waals surface area contributed by atoms with E-state index in [1.165, 1.54) is 12.1 Å². The number of likely N-dealkylation sites (tertiary alicyclic amines) is 1. The van der Waals surface area contributed by atoms with E-state index in [4.69, 9.17) is 9.84 Å². The van der Waals surface area contributed by atoms with Gasteiger partial charge >= 0.3 is 12.1 Å². The average Bonchev–Trinajstić information content (AvgIpc) is 2.51. The van der Waals surface area contributed by atoms with Gasteiger partial charge in [0, 0.05) is 24.6 Å². The SMILES string of the molecule is CC(C)(C)OC(=O)N1CCC(C#Cc2cc(F)cc(C(=O)O)c2)CC1. The van der Waals surface area contributed by atoms with Crippen LogP contribution in [0.4, 0.5) is 9.18 Å². The molecule has 1 saturated heterocycles. The number of carbonyl (C=O) groups excluding carboxylic acids is 1. The molecule has 0 unspecified atom stereocenters. The third-order valence-corrected chi connectivity index (χ3v) is 3.71. The predicted molar refractivity (Wildman–Crippen MR) is 90.8 cm³/mol. The largest absolute Gasteiger partial charge is 0.478 e. The number of piperidine rings is 1. The molecular formula is C19H22FNO4. The molecule has 1 heterocycles. The molecule has 134 valence electrons. The van der Waals surface area contributed by atoms with E-state index in [9.17, 15) is 14.0 Å². The van der Waals surface area contributed by atoms with Crippen LogP contribution in [0.1, 0.15) is 49.5 Å². The molecule has 6 heteroatoms. The van der Waals surface area contributed by atoms with Gasteiger partial charge in [0.1, 0.15) is 11.4 Å². The highest BCUT2D eigenvalue weighted by Crippen LogP contribution is 2.19. The van der Waals surface area contributed by atoms with Crippen molar-refractivity contribution in [3.8, 4) is 11.8 Å². The normalized spacial score (nSPS) is 15.3. The molecule has 2 rings (SSSR count). The summed E-state index contributed by atoms with van der Waals surface area (Å²) in [6.45, 7) is 6.59. The van der Waals surface area contributed by atoms with Crippen molar-refractivity contribution in [1.82, 2.24) is 4.90 Å². The summed E-state index contributed by atoms with van der Waals surface area (Å²) in [7, 11) is 0. The molecule has 1 aliphatic heterocycles. The zero-order valence-electron chi connectivity index (χ0n) is 14.6. The molecule has 1 aromatic carbocycles. The average molecular weight is 347 g/mol. The number of hydrogen-bond acceptors (Lipinski definition) is 3. The first-order chi connectivity index (χ1) is 11.6. The number of nitrogens with zero attached hydrogens (tertiary/aromatic N) is 1. The Kier molecular flexibility index (Phi) is 5.68. The van der Waals surface area contributed by atoms with Gasteiger partial charge in [-0.2, -0.15) is 0 Å². The summed E-state index contributed by atoms with van der Waals surface area (Å²) in [5, 5.41) is 8.95. The third kappa shape index (κ3) is 5.79. The van der Waals surface area contributed by atoms with Crippen LogP contribution in [0.5, 0.6) is 0 Å². The number of carbonyl (C=O) groups is 2. The molecule has 0 aliphatic carbocycles. The minimum atomic E-state index is -1.19. The zero-order valence-corrected chi connectivity index (χ0v) is 14.6. The Morgan fingerprint density at radius 2 is 1.88 bits per heavy atom. The van der Waals surface area contributed by atoms with Gasteiger partial charge in [-0.3, -0.25) is 0 Å². The maximum Gasteiger partial charge on any atom is 0.410 e. The summed E-state index contributed by atoms with van der Waals surface area (Å²) in [6, 6.07) is 3.54. The summed E-state index contributed by atoms with van der Waals surface area (Å²) in [6.07, 6.45) is 1.08. The van der Waals surface area contributed by atoms with Gasteiger partial charge in [-0.25, -0.2) is 14.0 Å². The Morgan fingerprint density at radius 1 is 1.24 bits per heavy atom. The summed E-state index contributed by atoms with van der Waals surface area (Å²) in [4.78, 5) is 24.6. The maximum absolute atomic E-state index is 13.4. The lowest BCUT2D eigenvalue weighted by atomic mass is 9.97. The Balaban J connectivity index is 1.96. The number of ether oxygens (including phenoxy) is 1. The summed E-state index contributed by atoms with van der Waals surface area (Å²) < 4.78 is 18.8. The Hall–Kier alpha value is -2.55. The number of carboxylic acid groups (broad SMARTS) is 1. The molecule has 1 aromatic rings. The highest BCUT2D eigenvalue weighted by atomic mass is 19.1. The van der Waals surface area contributed by atoms with Crippen LogP contribution in [0, 0.1) is 23.6 Å². The molecule has 0 radical (unpaired) electrons. The van der Waals surface area contributed by atoms with Crippen LogP contribution in [0.2, 0.25) is 0 Å². The van der Waals surface area contributed by atoms with Crippen LogP contribution in [-0.4, -0.2) is 40.8 Å². The van der Waals surface area contributed by atoms with E-state index in [1.54, 1.807) is 4.90 Å². The molecular weight excluding hydrogens is 325 g/mol. The topological polar surface area (TPSA) is 66.8 Å². The lowest BCUT2D eigenvalue weighted by Gasteiger charge is -2.31. The molecule has 1 aliphatic rings. The quantitative estimate of drug-likeness (QED) is 0.789. The van der Waals surface area contributed by atoms with Crippen LogP contribution in [-0.2, 0) is 4.74 Å². The van der Waals surface area contributed by atoms with Crippen molar-refractivity contribution in [2.45, 2.75) is 39.2 Å². The van der Waals surface area contributed by atoms with Crippen LogP contribution in [0.15, 0.2) is 18.2 Å². The van der Waals surface area contributed by atoms with Crippen LogP contribution in [0.3, 0.4) is 0 Å². The Bertz CT molecular complexity index is 719. The molecule has 0 spiro atoms. The highest BCUT2D eigenvalue weighted by molar-refractivity contribution is 5.88. The number of amides is 1. The van der Waals surface area contributed by atoms with Gasteiger partial charge in [0.15, 0.2) is 0 Å². The van der Waals surface area contributed by atoms with Crippen molar-refractivity contribution >= 4 is 12.1 Å². The minimum absolute atomic E-state index is 0.0789. The molecule has 0 atom stereocenters. The van der Waals surface area contributed by atoms with Crippen LogP contribution in [0.25, 0.3) is 0 Å². The number of hydrogen-bond donors (Lipinski definition) is 1. The fourth-order valence-electron chi connectivity index (χ4n) is 2.50. The summed E-state index contributed by atoms with van der Waals surface area (Å²) >= 11 is 0. The monoisotopic (exact) mass is 347 g/mol. The van der Waals surface area contributed by atoms with E-state index in [0.717, 1.165) is 6.07 Å². The molecule has 25 heavy (non-hydrogen) atoms. The fraction of sp³-hybridized carbons (Fsp3) is 0.474. The highest BCUT2D eigenvalue weighted by Gasteiger charge is 2.26. The van der Waals surface area contributed by atoms with Crippen LogP contribution < -0.4 is 0 Å². The van der Waals surface area contributed by atoms with E-state index in [0.29, 0.717) is 31.5 Å². The smallest absolute Gasteiger partial charge is 0.410 e. The number of halogens is 1. The van der Waals surface area contributed by atoms with Crippen molar-refractivity contribution in [2.24, 2.45) is 5.92 Å². The van der Waals surface area contributed by atoms with Crippen molar-refractivity contribution in [3.05, 3.63) is 35.1 Å². The van der Waals surface area contributed by atoms with E-state index < -0.39 is 17.4 Å². The molecule has 5 nitrogen and oxygen atoms in total. The number of aromatic carboxylic acids is 1. The predicted octanol–water partition coefficient (Wildman–Crippen LogP) is 3.52. The van der Waals surface area contributed by atoms with Crippen LogP contribution >= 0.6 is 0 Å². The van der Waals surface area contributed by atoms with Crippen molar-refractivity contribution < 1.29 is 23.8 Å². The van der Waals surface area contributed by atoms with E-state index in [1.807, 2.05) is 20.8 Å². The molecule has 0 aromatic heterocycles. The van der Waals surface area contributed by atoms with E-state index >= 15 is 0 Å².